The molecular formula is C20H26N4O. The Kier molecular flexibility index (Phi) is 4.04. The van der Waals surface area contributed by atoms with Crippen molar-refractivity contribution in [2.24, 2.45) is 11.7 Å². The molecule has 4 rings (SSSR count). The van der Waals surface area contributed by atoms with Crippen LogP contribution in [0.15, 0.2) is 30.6 Å². The standard InChI is InChI=1S/C20H26N4O/c1-12(2)24-11-14(10-22-24)4-3-13-7-17-16-9-15(25)5-6-19(16)23-20(17)18(21)8-13/h5-6,9-13,18,23,25H,3-4,7-8,21H2,1-2H3. The van der Waals surface area contributed by atoms with Gasteiger partial charge in [0.25, 0.3) is 0 Å². The zero-order chi connectivity index (χ0) is 17.6. The fraction of sp³-hybridized carbons (Fsp3) is 0.450. The first-order chi connectivity index (χ1) is 12.0. The Morgan fingerprint density at radius 1 is 1.40 bits per heavy atom. The molecule has 0 fully saturated rings. The lowest BCUT2D eigenvalue weighted by Gasteiger charge is -2.27. The molecule has 132 valence electrons. The van der Waals surface area contributed by atoms with Crippen molar-refractivity contribution in [3.05, 3.63) is 47.4 Å². The summed E-state index contributed by atoms with van der Waals surface area (Å²) in [5.74, 6) is 0.873. The molecule has 3 aromatic rings. The van der Waals surface area contributed by atoms with Crippen LogP contribution in [0.4, 0.5) is 0 Å². The van der Waals surface area contributed by atoms with Gasteiger partial charge in [-0.05, 0) is 74.8 Å². The molecule has 25 heavy (non-hydrogen) atoms. The molecule has 2 aromatic heterocycles. The van der Waals surface area contributed by atoms with Crippen LogP contribution < -0.4 is 5.73 Å². The van der Waals surface area contributed by atoms with Gasteiger partial charge in [-0.3, -0.25) is 4.68 Å². The summed E-state index contributed by atoms with van der Waals surface area (Å²) in [6.45, 7) is 4.29. The van der Waals surface area contributed by atoms with Crippen LogP contribution in [0.2, 0.25) is 0 Å². The number of hydrogen-bond donors (Lipinski definition) is 3. The van der Waals surface area contributed by atoms with Crippen LogP contribution in [0.5, 0.6) is 5.75 Å². The van der Waals surface area contributed by atoms with Gasteiger partial charge in [0.2, 0.25) is 0 Å². The van der Waals surface area contributed by atoms with Crippen molar-refractivity contribution in [1.82, 2.24) is 14.8 Å². The number of phenolic OH excluding ortho intramolecular Hbond substituents is 1. The third-order valence-electron chi connectivity index (χ3n) is 5.40. The van der Waals surface area contributed by atoms with Gasteiger partial charge >= 0.3 is 0 Å². The van der Waals surface area contributed by atoms with Crippen LogP contribution in [0, 0.1) is 5.92 Å². The smallest absolute Gasteiger partial charge is 0.116 e. The highest BCUT2D eigenvalue weighted by atomic mass is 16.3. The van der Waals surface area contributed by atoms with E-state index < -0.39 is 0 Å². The first kappa shape index (κ1) is 16.2. The van der Waals surface area contributed by atoms with E-state index in [1.54, 1.807) is 6.07 Å². The third-order valence-corrected chi connectivity index (χ3v) is 5.40. The number of aryl methyl sites for hydroxylation is 1. The average molecular weight is 338 g/mol. The predicted octanol–water partition coefficient (Wildman–Crippen LogP) is 3.85. The SMILES string of the molecule is CC(C)n1cc(CCC2Cc3c([nH]c4ccc(O)cc34)C(N)C2)cn1. The maximum absolute atomic E-state index is 9.83. The largest absolute Gasteiger partial charge is 0.508 e. The molecule has 4 N–H and O–H groups in total. The Morgan fingerprint density at radius 3 is 3.00 bits per heavy atom. The molecule has 0 aliphatic heterocycles. The van der Waals surface area contributed by atoms with E-state index in [9.17, 15) is 5.11 Å². The second-order valence-electron chi connectivity index (χ2n) is 7.62. The Hall–Kier alpha value is -2.27. The Labute approximate surface area is 147 Å². The van der Waals surface area contributed by atoms with Crippen molar-refractivity contribution in [2.75, 3.05) is 0 Å². The second kappa shape index (κ2) is 6.23. The monoisotopic (exact) mass is 338 g/mol. The number of hydrogen-bond acceptors (Lipinski definition) is 3. The molecule has 2 atom stereocenters. The topological polar surface area (TPSA) is 79.9 Å². The molecule has 5 heteroatoms. The number of aromatic nitrogens is 3. The van der Waals surface area contributed by atoms with E-state index in [1.165, 1.54) is 11.1 Å². The molecule has 0 radical (unpaired) electrons. The van der Waals surface area contributed by atoms with Crippen LogP contribution in [0.1, 0.15) is 55.6 Å². The predicted molar refractivity (Wildman–Crippen MR) is 99.6 cm³/mol. The highest BCUT2D eigenvalue weighted by molar-refractivity contribution is 5.86. The van der Waals surface area contributed by atoms with E-state index in [-0.39, 0.29) is 6.04 Å². The maximum atomic E-state index is 9.83. The number of benzene rings is 1. The van der Waals surface area contributed by atoms with Gasteiger partial charge in [-0.15, -0.1) is 0 Å². The number of nitrogens with two attached hydrogens (primary N) is 1. The highest BCUT2D eigenvalue weighted by Crippen LogP contribution is 2.38. The van der Waals surface area contributed by atoms with Crippen LogP contribution in [0.25, 0.3) is 10.9 Å². The van der Waals surface area contributed by atoms with Gasteiger partial charge < -0.3 is 15.8 Å². The van der Waals surface area contributed by atoms with E-state index in [1.807, 2.05) is 23.0 Å². The molecule has 0 spiro atoms. The van der Waals surface area contributed by atoms with Crippen molar-refractivity contribution in [2.45, 2.75) is 51.6 Å². The molecule has 1 aromatic carbocycles. The summed E-state index contributed by atoms with van der Waals surface area (Å²) in [4.78, 5) is 3.45. The minimum Gasteiger partial charge on any atom is -0.508 e. The molecule has 0 saturated heterocycles. The average Bonchev–Trinajstić information content (AvgIpc) is 3.18. The lowest BCUT2D eigenvalue weighted by Crippen LogP contribution is -2.24. The van der Waals surface area contributed by atoms with Gasteiger partial charge in [-0.2, -0.15) is 5.10 Å². The molecule has 2 unspecified atom stereocenters. The maximum Gasteiger partial charge on any atom is 0.116 e. The number of fused-ring (bicyclic) bond motifs is 3. The van der Waals surface area contributed by atoms with Crippen LogP contribution in [-0.2, 0) is 12.8 Å². The number of rotatable bonds is 4. The van der Waals surface area contributed by atoms with Gasteiger partial charge in [0, 0.05) is 34.9 Å². The van der Waals surface area contributed by atoms with Gasteiger partial charge in [0.05, 0.1) is 6.20 Å². The number of phenols is 1. The van der Waals surface area contributed by atoms with Crippen molar-refractivity contribution >= 4 is 10.9 Å². The van der Waals surface area contributed by atoms with E-state index in [4.69, 9.17) is 5.73 Å². The molecule has 2 heterocycles. The molecule has 0 bridgehead atoms. The lowest BCUT2D eigenvalue weighted by molar-refractivity contribution is 0.381. The zero-order valence-corrected chi connectivity index (χ0v) is 14.9. The summed E-state index contributed by atoms with van der Waals surface area (Å²) in [6.07, 6.45) is 8.31. The second-order valence-corrected chi connectivity index (χ2v) is 7.62. The number of nitrogens with zero attached hydrogens (tertiary/aromatic N) is 2. The van der Waals surface area contributed by atoms with Crippen molar-refractivity contribution in [3.8, 4) is 5.75 Å². The normalized spacial score (nSPS) is 20.3. The molecule has 0 amide bonds. The van der Waals surface area contributed by atoms with Crippen LogP contribution >= 0.6 is 0 Å². The first-order valence-corrected chi connectivity index (χ1v) is 9.13. The third kappa shape index (κ3) is 3.04. The van der Waals surface area contributed by atoms with Gasteiger partial charge in [0.15, 0.2) is 0 Å². The molecule has 0 saturated carbocycles. The number of aromatic amines is 1. The Morgan fingerprint density at radius 2 is 2.24 bits per heavy atom. The molecule has 5 nitrogen and oxygen atoms in total. The molecule has 1 aliphatic carbocycles. The van der Waals surface area contributed by atoms with Crippen LogP contribution in [0.3, 0.4) is 0 Å². The number of nitrogens with one attached hydrogen (secondary N) is 1. The number of aromatic hydroxyl groups is 1. The summed E-state index contributed by atoms with van der Waals surface area (Å²) < 4.78 is 2.02. The Balaban J connectivity index is 1.52. The lowest BCUT2D eigenvalue weighted by atomic mass is 9.81. The fourth-order valence-electron chi connectivity index (χ4n) is 4.02. The van der Waals surface area contributed by atoms with E-state index in [0.29, 0.717) is 17.7 Å². The van der Waals surface area contributed by atoms with Gasteiger partial charge in [-0.25, -0.2) is 0 Å². The van der Waals surface area contributed by atoms with Crippen LogP contribution in [-0.4, -0.2) is 19.9 Å². The molecular weight excluding hydrogens is 312 g/mol. The Bertz CT molecular complexity index is 892. The van der Waals surface area contributed by atoms with Crippen molar-refractivity contribution in [3.63, 3.8) is 0 Å². The summed E-state index contributed by atoms with van der Waals surface area (Å²) in [6, 6.07) is 5.96. The van der Waals surface area contributed by atoms with E-state index in [2.05, 4.69) is 30.1 Å². The summed E-state index contributed by atoms with van der Waals surface area (Å²) >= 11 is 0. The van der Waals surface area contributed by atoms with Gasteiger partial charge in [0.1, 0.15) is 5.75 Å². The molecule has 1 aliphatic rings. The summed E-state index contributed by atoms with van der Waals surface area (Å²) in [5.41, 5.74) is 11.2. The minimum absolute atomic E-state index is 0.0432. The fourth-order valence-corrected chi connectivity index (χ4v) is 4.02. The summed E-state index contributed by atoms with van der Waals surface area (Å²) in [5, 5.41) is 15.4. The van der Waals surface area contributed by atoms with Gasteiger partial charge in [-0.1, -0.05) is 0 Å². The summed E-state index contributed by atoms with van der Waals surface area (Å²) in [7, 11) is 0. The highest BCUT2D eigenvalue weighted by Gasteiger charge is 2.28. The van der Waals surface area contributed by atoms with E-state index in [0.717, 1.165) is 42.3 Å². The number of H-pyrrole nitrogens is 1. The first-order valence-electron chi connectivity index (χ1n) is 9.13. The zero-order valence-electron chi connectivity index (χ0n) is 14.9. The van der Waals surface area contributed by atoms with Crippen molar-refractivity contribution < 1.29 is 5.11 Å². The van der Waals surface area contributed by atoms with Crippen molar-refractivity contribution in [1.29, 1.82) is 0 Å². The quantitative estimate of drug-likeness (QED) is 0.676. The minimum atomic E-state index is 0.0432. The van der Waals surface area contributed by atoms with E-state index >= 15 is 0 Å².